The molecule has 1 aliphatic heterocycles. The van der Waals surface area contributed by atoms with Crippen molar-refractivity contribution in [2.24, 2.45) is 0 Å². The van der Waals surface area contributed by atoms with Crippen molar-refractivity contribution in [3.63, 3.8) is 0 Å². The van der Waals surface area contributed by atoms with Gasteiger partial charge in [-0.2, -0.15) is 0 Å². The number of anilines is 1. The molecule has 152 valence electrons. The van der Waals surface area contributed by atoms with Gasteiger partial charge in [0, 0.05) is 16.8 Å². The van der Waals surface area contributed by atoms with E-state index < -0.39 is 6.04 Å². The molecule has 5 nitrogen and oxygen atoms in total. The van der Waals surface area contributed by atoms with Crippen LogP contribution >= 0.6 is 0 Å². The number of carbonyl (C=O) groups excluding carboxylic acids is 2. The average molecular weight is 404 g/mol. The van der Waals surface area contributed by atoms with Crippen molar-refractivity contribution in [3.05, 3.63) is 94.8 Å². The number of rotatable bonds is 3. The van der Waals surface area contributed by atoms with Crippen molar-refractivity contribution in [1.29, 1.82) is 0 Å². The summed E-state index contributed by atoms with van der Waals surface area (Å²) in [7, 11) is 1.56. The summed E-state index contributed by atoms with van der Waals surface area (Å²) in [5.41, 5.74) is 3.58. The maximum atomic E-state index is 13.6. The first-order chi connectivity index (χ1) is 14.5. The average Bonchev–Trinajstić information content (AvgIpc) is 2.89. The molecule has 0 fully saturated rings. The summed E-state index contributed by atoms with van der Waals surface area (Å²) >= 11 is 0. The number of carbonyl (C=O) groups is 2. The van der Waals surface area contributed by atoms with E-state index in [4.69, 9.17) is 4.74 Å². The summed E-state index contributed by atoms with van der Waals surface area (Å²) in [5, 5.41) is 2.89. The van der Waals surface area contributed by atoms with Gasteiger partial charge in [0.2, 0.25) is 5.91 Å². The molecule has 0 aromatic heterocycles. The van der Waals surface area contributed by atoms with E-state index in [0.29, 0.717) is 17.0 Å². The fourth-order valence-corrected chi connectivity index (χ4v) is 3.72. The van der Waals surface area contributed by atoms with Gasteiger partial charge in [0.25, 0.3) is 5.91 Å². The van der Waals surface area contributed by atoms with Gasteiger partial charge in [0.1, 0.15) is 18.1 Å². The van der Waals surface area contributed by atoms with Gasteiger partial charge in [0.05, 0.1) is 13.2 Å². The number of aryl methyl sites for hydroxylation is 1. The highest BCUT2D eigenvalue weighted by Crippen LogP contribution is 2.37. The number of methoxy groups -OCH3 is 1. The van der Waals surface area contributed by atoms with E-state index in [0.717, 1.165) is 16.7 Å². The van der Waals surface area contributed by atoms with Crippen molar-refractivity contribution < 1.29 is 18.7 Å². The molecule has 0 unspecified atom stereocenters. The van der Waals surface area contributed by atoms with Crippen molar-refractivity contribution >= 4 is 17.5 Å². The second-order valence-electron chi connectivity index (χ2n) is 7.25. The highest BCUT2D eigenvalue weighted by Gasteiger charge is 2.34. The second kappa shape index (κ2) is 7.99. The molecule has 1 aliphatic rings. The molecular formula is C24H21FN2O3. The highest BCUT2D eigenvalue weighted by molar-refractivity contribution is 6.01. The third-order valence-corrected chi connectivity index (χ3v) is 5.18. The topological polar surface area (TPSA) is 58.6 Å². The van der Waals surface area contributed by atoms with Crippen molar-refractivity contribution in [2.75, 3.05) is 19.0 Å². The van der Waals surface area contributed by atoms with Gasteiger partial charge in [-0.3, -0.25) is 9.59 Å². The Morgan fingerprint density at radius 1 is 1.07 bits per heavy atom. The number of nitrogens with zero attached hydrogens (tertiary/aromatic N) is 1. The largest absolute Gasteiger partial charge is 0.497 e. The van der Waals surface area contributed by atoms with Crippen LogP contribution in [-0.2, 0) is 4.79 Å². The van der Waals surface area contributed by atoms with Crippen LogP contribution in [0.4, 0.5) is 10.1 Å². The predicted octanol–water partition coefficient (Wildman–Crippen LogP) is 4.33. The Labute approximate surface area is 174 Å². The van der Waals surface area contributed by atoms with E-state index in [1.807, 2.05) is 25.1 Å². The van der Waals surface area contributed by atoms with Crippen LogP contribution in [0.2, 0.25) is 0 Å². The van der Waals surface area contributed by atoms with E-state index in [9.17, 15) is 14.0 Å². The second-order valence-corrected chi connectivity index (χ2v) is 7.25. The minimum atomic E-state index is -0.547. The smallest absolute Gasteiger partial charge is 0.255 e. The summed E-state index contributed by atoms with van der Waals surface area (Å²) in [6.07, 6.45) is 0. The molecule has 0 saturated heterocycles. The molecule has 0 spiro atoms. The van der Waals surface area contributed by atoms with Gasteiger partial charge < -0.3 is 15.0 Å². The molecule has 1 N–H and O–H groups in total. The van der Waals surface area contributed by atoms with Crippen molar-refractivity contribution in [1.82, 2.24) is 4.90 Å². The zero-order valence-corrected chi connectivity index (χ0v) is 16.7. The van der Waals surface area contributed by atoms with Gasteiger partial charge in [-0.1, -0.05) is 29.8 Å². The van der Waals surface area contributed by atoms with Gasteiger partial charge in [0.15, 0.2) is 0 Å². The molecule has 6 heteroatoms. The number of amides is 2. The van der Waals surface area contributed by atoms with E-state index in [1.165, 1.54) is 17.0 Å². The third kappa shape index (κ3) is 3.76. The molecule has 0 bridgehead atoms. The van der Waals surface area contributed by atoms with Crippen LogP contribution in [0, 0.1) is 12.7 Å². The Morgan fingerprint density at radius 3 is 2.43 bits per heavy atom. The number of ether oxygens (including phenoxy) is 1. The van der Waals surface area contributed by atoms with Crippen LogP contribution in [0.25, 0.3) is 0 Å². The van der Waals surface area contributed by atoms with Crippen molar-refractivity contribution in [2.45, 2.75) is 13.0 Å². The predicted molar refractivity (Wildman–Crippen MR) is 112 cm³/mol. The van der Waals surface area contributed by atoms with Gasteiger partial charge in [-0.25, -0.2) is 4.39 Å². The number of benzene rings is 3. The number of nitrogens with one attached hydrogen (secondary N) is 1. The lowest BCUT2D eigenvalue weighted by Crippen LogP contribution is -2.39. The zero-order valence-electron chi connectivity index (χ0n) is 16.7. The van der Waals surface area contributed by atoms with Crippen molar-refractivity contribution in [3.8, 4) is 5.75 Å². The standard InChI is InChI=1S/C24H21FN2O3/c1-15-3-12-21-20(13-15)23(16-4-8-18(25)9-5-16)27(14-22(28)26-21)24(29)17-6-10-19(30-2)11-7-17/h3-13,23H,14H2,1-2H3,(H,26,28)/t23-/m0/s1. The Kier molecular flexibility index (Phi) is 5.23. The van der Waals surface area contributed by atoms with Crippen LogP contribution in [0.15, 0.2) is 66.7 Å². The van der Waals surface area contributed by atoms with Gasteiger partial charge in [-0.15, -0.1) is 0 Å². The summed E-state index contributed by atoms with van der Waals surface area (Å²) in [5.74, 6) is -0.307. The number of halogens is 1. The molecule has 4 rings (SSSR count). The van der Waals surface area contributed by atoms with E-state index in [-0.39, 0.29) is 24.2 Å². The Morgan fingerprint density at radius 2 is 1.77 bits per heavy atom. The first-order valence-corrected chi connectivity index (χ1v) is 9.57. The Bertz CT molecular complexity index is 1090. The molecule has 30 heavy (non-hydrogen) atoms. The minimum absolute atomic E-state index is 0.124. The molecule has 1 heterocycles. The lowest BCUT2D eigenvalue weighted by atomic mass is 9.94. The molecule has 0 aliphatic carbocycles. The van der Waals surface area contributed by atoms with Crippen LogP contribution in [0.5, 0.6) is 5.75 Å². The maximum absolute atomic E-state index is 13.6. The maximum Gasteiger partial charge on any atom is 0.255 e. The molecule has 1 atom stereocenters. The lowest BCUT2D eigenvalue weighted by Gasteiger charge is -2.31. The van der Waals surface area contributed by atoms with Gasteiger partial charge >= 0.3 is 0 Å². The number of fused-ring (bicyclic) bond motifs is 1. The summed E-state index contributed by atoms with van der Waals surface area (Å²) < 4.78 is 18.8. The number of hydrogen-bond acceptors (Lipinski definition) is 3. The van der Waals surface area contributed by atoms with E-state index >= 15 is 0 Å². The monoisotopic (exact) mass is 404 g/mol. The Hall–Kier alpha value is -3.67. The Balaban J connectivity index is 1.85. The van der Waals surface area contributed by atoms with Crippen LogP contribution in [-0.4, -0.2) is 30.4 Å². The zero-order chi connectivity index (χ0) is 21.3. The number of hydrogen-bond donors (Lipinski definition) is 1. The molecule has 0 radical (unpaired) electrons. The molecule has 2 amide bonds. The molecular weight excluding hydrogens is 383 g/mol. The first kappa shape index (κ1) is 19.6. The summed E-state index contributed by atoms with van der Waals surface area (Å²) in [4.78, 5) is 27.6. The normalized spacial score (nSPS) is 15.8. The van der Waals surface area contributed by atoms with E-state index in [2.05, 4.69) is 5.32 Å². The fourth-order valence-electron chi connectivity index (χ4n) is 3.72. The van der Waals surface area contributed by atoms with Crippen LogP contribution in [0.1, 0.15) is 33.1 Å². The highest BCUT2D eigenvalue weighted by atomic mass is 19.1. The summed E-state index contributed by atoms with van der Waals surface area (Å²) in [6.45, 7) is 1.82. The molecule has 0 saturated carbocycles. The third-order valence-electron chi connectivity index (χ3n) is 5.18. The van der Waals surface area contributed by atoms with E-state index in [1.54, 1.807) is 43.5 Å². The quantitative estimate of drug-likeness (QED) is 0.707. The van der Waals surface area contributed by atoms with Crippen LogP contribution < -0.4 is 10.1 Å². The fraction of sp³-hybridized carbons (Fsp3) is 0.167. The lowest BCUT2D eigenvalue weighted by molar-refractivity contribution is -0.117. The molecule has 3 aromatic carbocycles. The summed E-state index contributed by atoms with van der Waals surface area (Å²) in [6, 6.07) is 17.9. The van der Waals surface area contributed by atoms with Crippen LogP contribution in [0.3, 0.4) is 0 Å². The van der Waals surface area contributed by atoms with Gasteiger partial charge in [-0.05, 0) is 55.0 Å². The molecule has 3 aromatic rings. The minimum Gasteiger partial charge on any atom is -0.497 e. The first-order valence-electron chi connectivity index (χ1n) is 9.57. The SMILES string of the molecule is COc1ccc(C(=O)N2CC(=O)Nc3ccc(C)cc3[C@@H]2c2ccc(F)cc2)cc1.